The molecule has 0 radical (unpaired) electrons. The van der Waals surface area contributed by atoms with Gasteiger partial charge in [-0.3, -0.25) is 0 Å². The summed E-state index contributed by atoms with van der Waals surface area (Å²) in [5.74, 6) is 0.971. The first-order valence-corrected chi connectivity index (χ1v) is 5.01. The van der Waals surface area contributed by atoms with Crippen LogP contribution in [0.2, 0.25) is 0 Å². The topological polar surface area (TPSA) is 21.3 Å². The third-order valence-electron chi connectivity index (χ3n) is 2.27. The van der Waals surface area contributed by atoms with Crippen molar-refractivity contribution in [3.63, 3.8) is 0 Å². The molecule has 14 heavy (non-hydrogen) atoms. The Balaban J connectivity index is 2.82. The number of rotatable bonds is 4. The van der Waals surface area contributed by atoms with E-state index in [1.165, 1.54) is 11.1 Å². The van der Waals surface area contributed by atoms with E-state index in [0.717, 1.165) is 12.3 Å². The average Bonchev–Trinajstić information content (AvgIpc) is 2.15. The van der Waals surface area contributed by atoms with Gasteiger partial charge in [-0.1, -0.05) is 26.0 Å². The van der Waals surface area contributed by atoms with Crippen LogP contribution in [0.5, 0.6) is 5.75 Å². The van der Waals surface area contributed by atoms with E-state index in [0.29, 0.717) is 6.04 Å². The maximum atomic E-state index is 5.32. The molecule has 1 N–H and O–H groups in total. The molecule has 0 aromatic heterocycles. The monoisotopic (exact) mass is 193 g/mol. The number of nitrogens with one attached hydrogen (secondary N) is 1. The highest BCUT2D eigenvalue weighted by molar-refractivity contribution is 5.39. The summed E-state index contributed by atoms with van der Waals surface area (Å²) in [7, 11) is 1.72. The number of aryl methyl sites for hydroxylation is 1. The summed E-state index contributed by atoms with van der Waals surface area (Å²) in [6.07, 6.45) is 0. The van der Waals surface area contributed by atoms with E-state index in [1.54, 1.807) is 7.11 Å². The van der Waals surface area contributed by atoms with Crippen LogP contribution in [0, 0.1) is 6.92 Å². The zero-order valence-electron chi connectivity index (χ0n) is 9.42. The van der Waals surface area contributed by atoms with Gasteiger partial charge in [-0.2, -0.15) is 0 Å². The minimum Gasteiger partial charge on any atom is -0.496 e. The lowest BCUT2D eigenvalue weighted by Crippen LogP contribution is -2.22. The predicted octanol–water partition coefficient (Wildman–Crippen LogP) is 2.50. The highest BCUT2D eigenvalue weighted by Crippen LogP contribution is 2.21. The summed E-state index contributed by atoms with van der Waals surface area (Å²) in [6.45, 7) is 7.27. The number of methoxy groups -OCH3 is 1. The van der Waals surface area contributed by atoms with Crippen LogP contribution in [-0.4, -0.2) is 13.2 Å². The SMILES string of the molecule is COc1cccc(C)c1CNC(C)C. The van der Waals surface area contributed by atoms with E-state index in [1.807, 2.05) is 12.1 Å². The fourth-order valence-electron chi connectivity index (χ4n) is 1.40. The summed E-state index contributed by atoms with van der Waals surface area (Å²) in [5.41, 5.74) is 2.53. The van der Waals surface area contributed by atoms with Crippen molar-refractivity contribution in [3.8, 4) is 5.75 Å². The Morgan fingerprint density at radius 2 is 2.07 bits per heavy atom. The number of hydrogen-bond donors (Lipinski definition) is 1. The van der Waals surface area contributed by atoms with Crippen molar-refractivity contribution < 1.29 is 4.74 Å². The summed E-state index contributed by atoms with van der Waals surface area (Å²) in [6, 6.07) is 6.64. The van der Waals surface area contributed by atoms with Crippen LogP contribution in [-0.2, 0) is 6.54 Å². The van der Waals surface area contributed by atoms with Crippen LogP contribution in [0.25, 0.3) is 0 Å². The Hall–Kier alpha value is -1.02. The molecule has 0 fully saturated rings. The lowest BCUT2D eigenvalue weighted by atomic mass is 10.1. The van der Waals surface area contributed by atoms with Crippen molar-refractivity contribution >= 4 is 0 Å². The molecule has 1 rings (SSSR count). The van der Waals surface area contributed by atoms with Crippen molar-refractivity contribution in [1.82, 2.24) is 5.32 Å². The van der Waals surface area contributed by atoms with Crippen LogP contribution in [0.15, 0.2) is 18.2 Å². The molecule has 0 heterocycles. The lowest BCUT2D eigenvalue weighted by Gasteiger charge is -2.13. The Labute approximate surface area is 86.3 Å². The fraction of sp³-hybridized carbons (Fsp3) is 0.500. The molecule has 0 saturated carbocycles. The maximum absolute atomic E-state index is 5.32. The van der Waals surface area contributed by atoms with Crippen LogP contribution in [0.1, 0.15) is 25.0 Å². The highest BCUT2D eigenvalue weighted by Gasteiger charge is 2.05. The van der Waals surface area contributed by atoms with E-state index < -0.39 is 0 Å². The summed E-state index contributed by atoms with van der Waals surface area (Å²) in [5, 5.41) is 3.40. The van der Waals surface area contributed by atoms with Crippen molar-refractivity contribution in [2.45, 2.75) is 33.4 Å². The molecule has 0 atom stereocenters. The predicted molar refractivity (Wildman–Crippen MR) is 59.7 cm³/mol. The number of benzene rings is 1. The molecule has 2 heteroatoms. The first-order valence-electron chi connectivity index (χ1n) is 5.01. The van der Waals surface area contributed by atoms with E-state index in [2.05, 4.69) is 32.2 Å². The van der Waals surface area contributed by atoms with Crippen molar-refractivity contribution in [2.24, 2.45) is 0 Å². The molecule has 0 aliphatic carbocycles. The molecule has 2 nitrogen and oxygen atoms in total. The molecule has 0 saturated heterocycles. The lowest BCUT2D eigenvalue weighted by molar-refractivity contribution is 0.406. The molecule has 0 unspecified atom stereocenters. The number of ether oxygens (including phenoxy) is 1. The molecule has 0 spiro atoms. The van der Waals surface area contributed by atoms with E-state index in [-0.39, 0.29) is 0 Å². The van der Waals surface area contributed by atoms with Gasteiger partial charge >= 0.3 is 0 Å². The fourth-order valence-corrected chi connectivity index (χ4v) is 1.40. The molecular formula is C12H19NO. The van der Waals surface area contributed by atoms with Crippen LogP contribution in [0.3, 0.4) is 0 Å². The first-order chi connectivity index (χ1) is 6.65. The summed E-state index contributed by atoms with van der Waals surface area (Å²) in [4.78, 5) is 0. The van der Waals surface area contributed by atoms with Gasteiger partial charge in [0.25, 0.3) is 0 Å². The molecule has 1 aromatic carbocycles. The third kappa shape index (κ3) is 2.74. The zero-order chi connectivity index (χ0) is 10.6. The number of hydrogen-bond acceptors (Lipinski definition) is 2. The van der Waals surface area contributed by atoms with Gasteiger partial charge in [0.15, 0.2) is 0 Å². The standard InChI is InChI=1S/C12H19NO/c1-9(2)13-8-11-10(3)6-5-7-12(11)14-4/h5-7,9,13H,8H2,1-4H3. The first kappa shape index (κ1) is 11.1. The second kappa shape index (κ2) is 5.01. The molecule has 78 valence electrons. The van der Waals surface area contributed by atoms with Gasteiger partial charge in [0, 0.05) is 18.2 Å². The average molecular weight is 193 g/mol. The molecule has 0 aliphatic heterocycles. The van der Waals surface area contributed by atoms with E-state index in [4.69, 9.17) is 4.74 Å². The zero-order valence-corrected chi connectivity index (χ0v) is 9.42. The van der Waals surface area contributed by atoms with Gasteiger partial charge in [-0.05, 0) is 18.6 Å². The van der Waals surface area contributed by atoms with Crippen LogP contribution in [0.4, 0.5) is 0 Å². The molecule has 0 bridgehead atoms. The van der Waals surface area contributed by atoms with Gasteiger partial charge < -0.3 is 10.1 Å². The largest absolute Gasteiger partial charge is 0.496 e. The second-order valence-electron chi connectivity index (χ2n) is 3.79. The third-order valence-corrected chi connectivity index (χ3v) is 2.27. The highest BCUT2D eigenvalue weighted by atomic mass is 16.5. The Morgan fingerprint density at radius 1 is 1.36 bits per heavy atom. The minimum absolute atomic E-state index is 0.499. The van der Waals surface area contributed by atoms with Gasteiger partial charge in [-0.25, -0.2) is 0 Å². The van der Waals surface area contributed by atoms with Gasteiger partial charge in [0.1, 0.15) is 5.75 Å². The normalized spacial score (nSPS) is 10.6. The van der Waals surface area contributed by atoms with Gasteiger partial charge in [0.2, 0.25) is 0 Å². The second-order valence-corrected chi connectivity index (χ2v) is 3.79. The van der Waals surface area contributed by atoms with Crippen molar-refractivity contribution in [3.05, 3.63) is 29.3 Å². The van der Waals surface area contributed by atoms with Gasteiger partial charge in [0.05, 0.1) is 7.11 Å². The smallest absolute Gasteiger partial charge is 0.123 e. The Kier molecular flexibility index (Phi) is 3.96. The minimum atomic E-state index is 0.499. The maximum Gasteiger partial charge on any atom is 0.123 e. The van der Waals surface area contributed by atoms with Crippen LogP contribution >= 0.6 is 0 Å². The molecule has 1 aromatic rings. The molecular weight excluding hydrogens is 174 g/mol. The van der Waals surface area contributed by atoms with Crippen molar-refractivity contribution in [2.75, 3.05) is 7.11 Å². The van der Waals surface area contributed by atoms with Gasteiger partial charge in [-0.15, -0.1) is 0 Å². The Morgan fingerprint density at radius 3 is 2.64 bits per heavy atom. The quantitative estimate of drug-likeness (QED) is 0.793. The van der Waals surface area contributed by atoms with E-state index >= 15 is 0 Å². The van der Waals surface area contributed by atoms with E-state index in [9.17, 15) is 0 Å². The molecule has 0 aliphatic rings. The summed E-state index contributed by atoms with van der Waals surface area (Å²) >= 11 is 0. The van der Waals surface area contributed by atoms with Crippen molar-refractivity contribution in [1.29, 1.82) is 0 Å². The Bertz CT molecular complexity index is 294. The molecule has 0 amide bonds. The summed E-state index contributed by atoms with van der Waals surface area (Å²) < 4.78 is 5.32. The van der Waals surface area contributed by atoms with Crippen LogP contribution < -0.4 is 10.1 Å².